The summed E-state index contributed by atoms with van der Waals surface area (Å²) in [5, 5.41) is 12.0. The quantitative estimate of drug-likeness (QED) is 0.772. The van der Waals surface area contributed by atoms with Crippen molar-refractivity contribution in [3.05, 3.63) is 64.7 Å². The van der Waals surface area contributed by atoms with Crippen molar-refractivity contribution in [3.63, 3.8) is 0 Å². The van der Waals surface area contributed by atoms with Gasteiger partial charge in [-0.3, -0.25) is 19.4 Å². The van der Waals surface area contributed by atoms with Crippen LogP contribution in [0, 0.1) is 20.8 Å². The van der Waals surface area contributed by atoms with Crippen LogP contribution in [0.1, 0.15) is 22.3 Å². The molecule has 1 N–H and O–H groups in total. The van der Waals surface area contributed by atoms with Gasteiger partial charge in [0.2, 0.25) is 5.91 Å². The number of imide groups is 1. The summed E-state index contributed by atoms with van der Waals surface area (Å²) in [5.41, 5.74) is 4.55. The van der Waals surface area contributed by atoms with Gasteiger partial charge < -0.3 is 5.32 Å². The number of amides is 3. The molecule has 0 aliphatic carbocycles. The maximum atomic E-state index is 13.0. The Morgan fingerprint density at radius 3 is 2.30 bits per heavy atom. The first-order valence-electron chi connectivity index (χ1n) is 9.79. The van der Waals surface area contributed by atoms with Crippen LogP contribution in [-0.2, 0) is 20.9 Å². The number of benzene rings is 2. The van der Waals surface area contributed by atoms with Gasteiger partial charge in [0.15, 0.2) is 12.1 Å². The second kappa shape index (κ2) is 7.70. The standard InChI is InChI=1S/C22H23N5O3/c1-13-4-6-16(7-5-13)11-23-18(28)12-26-20-19(24-25-26)21(29)27(22(20)30)17-9-14(2)8-15(3)10-17/h4-10,19-20H,11-12H2,1-3H3,(H,23,28). The number of fused-ring (bicyclic) bond motifs is 1. The van der Waals surface area contributed by atoms with Crippen LogP contribution in [0.4, 0.5) is 5.69 Å². The molecule has 2 aliphatic rings. The molecule has 0 saturated carbocycles. The normalized spacial score (nSPS) is 20.1. The molecule has 2 aromatic rings. The Morgan fingerprint density at radius 1 is 0.967 bits per heavy atom. The molecular formula is C22H23N5O3. The van der Waals surface area contributed by atoms with E-state index in [4.69, 9.17) is 0 Å². The Balaban J connectivity index is 1.44. The first kappa shape index (κ1) is 19.8. The third kappa shape index (κ3) is 3.68. The number of carbonyl (C=O) groups excluding carboxylic acids is 3. The second-order valence-electron chi connectivity index (χ2n) is 7.81. The maximum Gasteiger partial charge on any atom is 0.263 e. The molecule has 3 amide bonds. The van der Waals surface area contributed by atoms with E-state index in [1.54, 1.807) is 12.1 Å². The lowest BCUT2D eigenvalue weighted by molar-refractivity contribution is -0.125. The highest BCUT2D eigenvalue weighted by molar-refractivity contribution is 6.25. The van der Waals surface area contributed by atoms with Crippen molar-refractivity contribution in [1.82, 2.24) is 10.3 Å². The van der Waals surface area contributed by atoms with Gasteiger partial charge in [-0.05, 0) is 49.6 Å². The van der Waals surface area contributed by atoms with E-state index in [0.29, 0.717) is 12.2 Å². The number of hydrogen-bond acceptors (Lipinski definition) is 6. The van der Waals surface area contributed by atoms with Gasteiger partial charge in [0, 0.05) is 6.54 Å². The molecule has 0 radical (unpaired) electrons. The van der Waals surface area contributed by atoms with Crippen molar-refractivity contribution in [2.75, 3.05) is 11.4 Å². The molecule has 2 aromatic carbocycles. The highest BCUT2D eigenvalue weighted by atomic mass is 16.2. The Bertz CT molecular complexity index is 1030. The van der Waals surface area contributed by atoms with Crippen LogP contribution in [0.3, 0.4) is 0 Å². The molecule has 0 spiro atoms. The zero-order chi connectivity index (χ0) is 21.4. The number of rotatable bonds is 5. The number of anilines is 1. The summed E-state index contributed by atoms with van der Waals surface area (Å²) in [7, 11) is 0. The van der Waals surface area contributed by atoms with Gasteiger partial charge in [-0.15, -0.1) is 0 Å². The van der Waals surface area contributed by atoms with Crippen LogP contribution in [0.25, 0.3) is 0 Å². The molecule has 1 fully saturated rings. The molecule has 8 heteroatoms. The number of carbonyl (C=O) groups is 3. The van der Waals surface area contributed by atoms with Crippen LogP contribution < -0.4 is 10.2 Å². The number of nitrogens with zero attached hydrogens (tertiary/aromatic N) is 4. The minimum atomic E-state index is -0.914. The minimum Gasteiger partial charge on any atom is -0.350 e. The van der Waals surface area contributed by atoms with Gasteiger partial charge >= 0.3 is 0 Å². The topological polar surface area (TPSA) is 94.4 Å². The van der Waals surface area contributed by atoms with Crippen LogP contribution in [0.5, 0.6) is 0 Å². The average Bonchev–Trinajstić information content (AvgIpc) is 3.20. The summed E-state index contributed by atoms with van der Waals surface area (Å²) < 4.78 is 0. The third-order valence-electron chi connectivity index (χ3n) is 5.24. The Hall–Kier alpha value is -3.55. The Labute approximate surface area is 174 Å². The van der Waals surface area contributed by atoms with Crippen LogP contribution in [-0.4, -0.2) is 41.4 Å². The summed E-state index contributed by atoms with van der Waals surface area (Å²) in [6.45, 7) is 6.05. The molecule has 4 rings (SSSR count). The summed E-state index contributed by atoms with van der Waals surface area (Å²) in [6, 6.07) is 11.6. The summed E-state index contributed by atoms with van der Waals surface area (Å²) in [4.78, 5) is 39.4. The second-order valence-corrected chi connectivity index (χ2v) is 7.81. The molecule has 0 bridgehead atoms. The van der Waals surface area contributed by atoms with Crippen molar-refractivity contribution in [3.8, 4) is 0 Å². The van der Waals surface area contributed by atoms with Crippen molar-refractivity contribution in [2.45, 2.75) is 39.4 Å². The minimum absolute atomic E-state index is 0.143. The van der Waals surface area contributed by atoms with Gasteiger partial charge in [-0.2, -0.15) is 5.11 Å². The van der Waals surface area contributed by atoms with E-state index in [9.17, 15) is 14.4 Å². The van der Waals surface area contributed by atoms with Crippen LogP contribution in [0.15, 0.2) is 52.8 Å². The first-order valence-corrected chi connectivity index (χ1v) is 9.79. The molecule has 2 heterocycles. The molecule has 2 unspecified atom stereocenters. The van der Waals surface area contributed by atoms with E-state index in [1.807, 2.05) is 51.1 Å². The highest BCUT2D eigenvalue weighted by Crippen LogP contribution is 2.32. The van der Waals surface area contributed by atoms with Crippen LogP contribution >= 0.6 is 0 Å². The molecular weight excluding hydrogens is 382 g/mol. The fourth-order valence-corrected chi connectivity index (χ4v) is 3.80. The summed E-state index contributed by atoms with van der Waals surface area (Å²) >= 11 is 0. The van der Waals surface area contributed by atoms with E-state index >= 15 is 0 Å². The smallest absolute Gasteiger partial charge is 0.263 e. The number of hydrogen-bond donors (Lipinski definition) is 1. The van der Waals surface area contributed by atoms with E-state index < -0.39 is 23.9 Å². The van der Waals surface area contributed by atoms with Crippen LogP contribution in [0.2, 0.25) is 0 Å². The lowest BCUT2D eigenvalue weighted by atomic mass is 10.1. The average molecular weight is 405 g/mol. The molecule has 2 aliphatic heterocycles. The monoisotopic (exact) mass is 405 g/mol. The number of aryl methyl sites for hydroxylation is 3. The molecule has 0 aromatic heterocycles. The zero-order valence-electron chi connectivity index (χ0n) is 17.1. The van der Waals surface area contributed by atoms with Gasteiger partial charge in [0.1, 0.15) is 6.54 Å². The lowest BCUT2D eigenvalue weighted by Gasteiger charge is -2.20. The third-order valence-corrected chi connectivity index (χ3v) is 5.24. The van der Waals surface area contributed by atoms with Gasteiger partial charge in [0.25, 0.3) is 11.8 Å². The molecule has 2 atom stereocenters. The number of nitrogens with one attached hydrogen (secondary N) is 1. The SMILES string of the molecule is Cc1ccc(CNC(=O)CN2N=NC3C(=O)N(c4cc(C)cc(C)c4)C(=O)C32)cc1. The van der Waals surface area contributed by atoms with Crippen molar-refractivity contribution >= 4 is 23.4 Å². The van der Waals surface area contributed by atoms with E-state index in [-0.39, 0.29) is 12.5 Å². The zero-order valence-corrected chi connectivity index (χ0v) is 17.1. The molecule has 154 valence electrons. The van der Waals surface area contributed by atoms with E-state index in [0.717, 1.165) is 27.2 Å². The fourth-order valence-electron chi connectivity index (χ4n) is 3.80. The van der Waals surface area contributed by atoms with Gasteiger partial charge in [-0.25, -0.2) is 4.90 Å². The highest BCUT2D eigenvalue weighted by Gasteiger charge is 2.55. The first-order chi connectivity index (χ1) is 14.3. The molecule has 1 saturated heterocycles. The predicted octanol–water partition coefficient (Wildman–Crippen LogP) is 2.22. The fraction of sp³-hybridized carbons (Fsp3) is 0.318. The van der Waals surface area contributed by atoms with Crippen molar-refractivity contribution < 1.29 is 14.4 Å². The summed E-state index contributed by atoms with van der Waals surface area (Å²) in [5.74, 6) is -1.12. The van der Waals surface area contributed by atoms with Crippen molar-refractivity contribution in [2.24, 2.45) is 10.3 Å². The largest absolute Gasteiger partial charge is 0.350 e. The van der Waals surface area contributed by atoms with Gasteiger partial charge in [0.05, 0.1) is 5.69 Å². The molecule has 8 nitrogen and oxygen atoms in total. The van der Waals surface area contributed by atoms with Crippen molar-refractivity contribution in [1.29, 1.82) is 0 Å². The summed E-state index contributed by atoms with van der Waals surface area (Å²) in [6.07, 6.45) is 0. The Morgan fingerprint density at radius 2 is 1.63 bits per heavy atom. The van der Waals surface area contributed by atoms with E-state index in [2.05, 4.69) is 15.7 Å². The van der Waals surface area contributed by atoms with E-state index in [1.165, 1.54) is 5.01 Å². The lowest BCUT2D eigenvalue weighted by Crippen LogP contribution is -2.44. The Kier molecular flexibility index (Phi) is 5.07. The predicted molar refractivity (Wildman–Crippen MR) is 111 cm³/mol. The maximum absolute atomic E-state index is 13.0. The van der Waals surface area contributed by atoms with Gasteiger partial charge in [-0.1, -0.05) is 41.1 Å². The molecule has 30 heavy (non-hydrogen) atoms.